The van der Waals surface area contributed by atoms with E-state index in [9.17, 15) is 9.18 Å². The van der Waals surface area contributed by atoms with Crippen molar-refractivity contribution < 1.29 is 18.3 Å². The molecule has 0 saturated heterocycles. The number of amides is 1. The first-order chi connectivity index (χ1) is 16.5. The number of nitrogens with one attached hydrogen (secondary N) is 2. The molecule has 10 heteroatoms. The third kappa shape index (κ3) is 4.42. The third-order valence-electron chi connectivity index (χ3n) is 5.13. The van der Waals surface area contributed by atoms with Crippen LogP contribution in [0.1, 0.15) is 6.92 Å². The molecule has 1 amide bonds. The Hall–Kier alpha value is -3.63. The van der Waals surface area contributed by atoms with Gasteiger partial charge in [0.2, 0.25) is 11.0 Å². The van der Waals surface area contributed by atoms with Crippen LogP contribution in [-0.4, -0.2) is 28.5 Å². The lowest BCUT2D eigenvalue weighted by atomic mass is 10.1. The molecule has 34 heavy (non-hydrogen) atoms. The third-order valence-corrected chi connectivity index (χ3v) is 7.15. The quantitative estimate of drug-likeness (QED) is 0.251. The van der Waals surface area contributed by atoms with Crippen LogP contribution in [-0.2, 0) is 4.79 Å². The summed E-state index contributed by atoms with van der Waals surface area (Å²) in [6.45, 7) is 1.78. The van der Waals surface area contributed by atoms with Gasteiger partial charge in [0, 0.05) is 16.8 Å². The highest BCUT2D eigenvalue weighted by molar-refractivity contribution is 8.02. The van der Waals surface area contributed by atoms with E-state index in [2.05, 4.69) is 20.8 Å². The van der Waals surface area contributed by atoms with Gasteiger partial charge in [0.1, 0.15) is 22.7 Å². The molecule has 5 rings (SSSR count). The molecule has 5 aromatic rings. The molecule has 2 aromatic heterocycles. The second-order valence-corrected chi connectivity index (χ2v) is 9.94. The number of hydrogen-bond acceptors (Lipinski definition) is 8. The molecule has 3 aromatic carbocycles. The number of anilines is 3. The minimum atomic E-state index is -0.467. The summed E-state index contributed by atoms with van der Waals surface area (Å²) in [6, 6.07) is 17.7. The van der Waals surface area contributed by atoms with Gasteiger partial charge in [-0.1, -0.05) is 53.4 Å². The van der Waals surface area contributed by atoms with Crippen molar-refractivity contribution >= 4 is 67.5 Å². The molecule has 0 aliphatic carbocycles. The van der Waals surface area contributed by atoms with Gasteiger partial charge in [0.25, 0.3) is 0 Å². The van der Waals surface area contributed by atoms with Crippen LogP contribution in [0.3, 0.4) is 0 Å². The van der Waals surface area contributed by atoms with Crippen LogP contribution >= 0.6 is 23.1 Å². The Labute approximate surface area is 202 Å². The molecule has 0 radical (unpaired) electrons. The Morgan fingerprint density at radius 2 is 1.85 bits per heavy atom. The van der Waals surface area contributed by atoms with E-state index in [0.717, 1.165) is 16.4 Å². The maximum Gasteiger partial charge on any atom is 0.237 e. The number of carbonyl (C=O) groups excluding carboxylic acids is 1. The summed E-state index contributed by atoms with van der Waals surface area (Å²) in [5.74, 6) is -0.0653. The van der Waals surface area contributed by atoms with Gasteiger partial charge in [-0.3, -0.25) is 4.79 Å². The van der Waals surface area contributed by atoms with Crippen LogP contribution in [0.2, 0.25) is 0 Å². The van der Waals surface area contributed by atoms with E-state index >= 15 is 0 Å². The zero-order chi connectivity index (χ0) is 23.7. The topological polar surface area (TPSA) is 89.3 Å². The number of benzene rings is 3. The lowest BCUT2D eigenvalue weighted by molar-refractivity contribution is -0.115. The number of ether oxygens (including phenoxy) is 1. The van der Waals surface area contributed by atoms with Crippen LogP contribution in [0.5, 0.6) is 5.75 Å². The number of halogens is 1. The fraction of sp³-hybridized carbons (Fsp3) is 0.125. The Morgan fingerprint density at radius 1 is 1.06 bits per heavy atom. The van der Waals surface area contributed by atoms with Crippen molar-refractivity contribution in [2.24, 2.45) is 0 Å². The van der Waals surface area contributed by atoms with Crippen molar-refractivity contribution in [2.45, 2.75) is 16.5 Å². The number of rotatable bonds is 7. The van der Waals surface area contributed by atoms with Crippen LogP contribution < -0.4 is 15.4 Å². The summed E-state index contributed by atoms with van der Waals surface area (Å²) in [4.78, 5) is 12.9. The number of methoxy groups -OCH3 is 1. The number of nitrogens with zero attached hydrogens (tertiary/aromatic N) is 2. The summed E-state index contributed by atoms with van der Waals surface area (Å²) < 4.78 is 25.9. The van der Waals surface area contributed by atoms with Gasteiger partial charge in [0.05, 0.1) is 23.7 Å². The maximum absolute atomic E-state index is 13.8. The predicted molar refractivity (Wildman–Crippen MR) is 134 cm³/mol. The van der Waals surface area contributed by atoms with Crippen LogP contribution in [0, 0.1) is 5.82 Å². The Bertz CT molecular complexity index is 1500. The minimum absolute atomic E-state index is 0.224. The minimum Gasteiger partial charge on any atom is -0.495 e. The van der Waals surface area contributed by atoms with E-state index in [1.807, 2.05) is 30.3 Å². The van der Waals surface area contributed by atoms with Gasteiger partial charge in [-0.2, -0.15) is 0 Å². The second-order valence-electron chi connectivity index (χ2n) is 7.37. The van der Waals surface area contributed by atoms with Crippen molar-refractivity contribution in [1.82, 2.24) is 10.2 Å². The summed E-state index contributed by atoms with van der Waals surface area (Å²) in [7, 11) is 1.56. The average Bonchev–Trinajstić information content (AvgIpc) is 3.43. The first-order valence-electron chi connectivity index (χ1n) is 10.3. The fourth-order valence-corrected chi connectivity index (χ4v) is 5.35. The van der Waals surface area contributed by atoms with Gasteiger partial charge < -0.3 is 19.8 Å². The number of furan rings is 1. The highest BCUT2D eigenvalue weighted by atomic mass is 32.2. The summed E-state index contributed by atoms with van der Waals surface area (Å²) in [5.41, 5.74) is 2.26. The van der Waals surface area contributed by atoms with Crippen molar-refractivity contribution in [3.8, 4) is 5.75 Å². The molecule has 1 atom stereocenters. The Morgan fingerprint density at radius 3 is 2.68 bits per heavy atom. The van der Waals surface area contributed by atoms with Gasteiger partial charge in [-0.15, -0.1) is 10.2 Å². The summed E-state index contributed by atoms with van der Waals surface area (Å²) in [6.07, 6.45) is 0. The molecule has 0 saturated carbocycles. The van der Waals surface area contributed by atoms with Gasteiger partial charge in [0.15, 0.2) is 4.34 Å². The monoisotopic (exact) mass is 494 g/mol. The molecular formula is C24H19FN4O3S2. The number of carbonyl (C=O) groups is 1. The molecule has 0 fully saturated rings. The highest BCUT2D eigenvalue weighted by Gasteiger charge is 2.20. The average molecular weight is 495 g/mol. The Balaban J connectivity index is 1.30. The summed E-state index contributed by atoms with van der Waals surface area (Å²) in [5, 5.41) is 15.8. The standard InChI is InChI=1S/C24H19FN4O3S2/c1-13(33-24-29-28-23(34-24)27-17-9-5-4-8-16(17)25)22(30)26-18-12-20-15(11-21(18)31-2)14-7-3-6-10-19(14)32-20/h3-13H,1-2H3,(H,26,30)(H,27,28)/t13-/m0/s1. The zero-order valence-electron chi connectivity index (χ0n) is 18.2. The molecule has 2 N–H and O–H groups in total. The van der Waals surface area contributed by atoms with Gasteiger partial charge in [-0.25, -0.2) is 4.39 Å². The highest BCUT2D eigenvalue weighted by Crippen LogP contribution is 2.37. The Kier molecular flexibility index (Phi) is 6.08. The molecule has 7 nitrogen and oxygen atoms in total. The number of para-hydroxylation sites is 2. The molecule has 0 aliphatic rings. The first-order valence-corrected chi connectivity index (χ1v) is 12.0. The molecule has 2 heterocycles. The largest absolute Gasteiger partial charge is 0.495 e. The van der Waals surface area contributed by atoms with Crippen molar-refractivity contribution in [2.75, 3.05) is 17.7 Å². The smallest absolute Gasteiger partial charge is 0.237 e. The molecule has 0 bridgehead atoms. The van der Waals surface area contributed by atoms with E-state index in [1.54, 1.807) is 38.3 Å². The maximum atomic E-state index is 13.8. The van der Waals surface area contributed by atoms with Crippen molar-refractivity contribution in [3.63, 3.8) is 0 Å². The number of aromatic nitrogens is 2. The first kappa shape index (κ1) is 22.2. The predicted octanol–water partition coefficient (Wildman–Crippen LogP) is 6.45. The lowest BCUT2D eigenvalue weighted by Crippen LogP contribution is -2.22. The molecule has 172 valence electrons. The fourth-order valence-electron chi connectivity index (χ4n) is 3.44. The van der Waals surface area contributed by atoms with E-state index < -0.39 is 5.25 Å². The normalized spacial score (nSPS) is 12.1. The molecule has 0 spiro atoms. The SMILES string of the molecule is COc1cc2c(cc1NC(=O)[C@H](C)Sc1nnc(Nc3ccccc3F)s1)oc1ccccc12. The second kappa shape index (κ2) is 9.32. The molecular weight excluding hydrogens is 475 g/mol. The van der Waals surface area contributed by atoms with Crippen LogP contribution in [0.4, 0.5) is 20.9 Å². The van der Waals surface area contributed by atoms with Crippen molar-refractivity contribution in [3.05, 3.63) is 66.5 Å². The summed E-state index contributed by atoms with van der Waals surface area (Å²) >= 11 is 2.51. The number of thioether (sulfide) groups is 1. The van der Waals surface area contributed by atoms with E-state index in [1.165, 1.54) is 29.2 Å². The van der Waals surface area contributed by atoms with E-state index in [-0.39, 0.29) is 11.7 Å². The van der Waals surface area contributed by atoms with Gasteiger partial charge >= 0.3 is 0 Å². The van der Waals surface area contributed by atoms with Gasteiger partial charge in [-0.05, 0) is 31.2 Å². The lowest BCUT2D eigenvalue weighted by Gasteiger charge is -2.13. The molecule has 0 unspecified atom stereocenters. The van der Waals surface area contributed by atoms with Crippen LogP contribution in [0.25, 0.3) is 21.9 Å². The van der Waals surface area contributed by atoms with E-state index in [0.29, 0.717) is 32.2 Å². The molecule has 0 aliphatic heterocycles. The number of hydrogen-bond donors (Lipinski definition) is 2. The van der Waals surface area contributed by atoms with Crippen molar-refractivity contribution in [1.29, 1.82) is 0 Å². The van der Waals surface area contributed by atoms with E-state index in [4.69, 9.17) is 9.15 Å². The van der Waals surface area contributed by atoms with Crippen LogP contribution in [0.15, 0.2) is 69.4 Å². The number of fused-ring (bicyclic) bond motifs is 3. The zero-order valence-corrected chi connectivity index (χ0v) is 19.8.